The van der Waals surface area contributed by atoms with Crippen LogP contribution in [-0.4, -0.2) is 42.1 Å². The van der Waals surface area contributed by atoms with E-state index in [0.717, 1.165) is 11.1 Å². The fourth-order valence-corrected chi connectivity index (χ4v) is 4.75. The van der Waals surface area contributed by atoms with Crippen molar-refractivity contribution in [1.29, 1.82) is 0 Å². The zero-order chi connectivity index (χ0) is 28.8. The molecule has 0 saturated heterocycles. The lowest BCUT2D eigenvalue weighted by atomic mass is 9.77. The van der Waals surface area contributed by atoms with Gasteiger partial charge in [0, 0.05) is 24.6 Å². The number of nitrogens with zero attached hydrogens (tertiary/aromatic N) is 1. The smallest absolute Gasteiger partial charge is 0.328 e. The minimum Gasteiger partial charge on any atom is -0.493 e. The van der Waals surface area contributed by atoms with Gasteiger partial charge in [-0.15, -0.1) is 0 Å². The highest BCUT2D eigenvalue weighted by atomic mass is 19.1. The molecule has 1 amide bonds. The SMILES string of the molecule is CCCC(=O)Oc1c(OC)ccnc1C(=O)N[C@@H](C)C(=O)O[C@@H]1CCc2cc(F)ccc2[C@H]1c1ccc(F)cc1. The molecule has 8 nitrogen and oxygen atoms in total. The highest BCUT2D eigenvalue weighted by Crippen LogP contribution is 2.39. The summed E-state index contributed by atoms with van der Waals surface area (Å²) in [6.07, 6.45) is 2.24. The largest absolute Gasteiger partial charge is 0.493 e. The molecule has 3 atom stereocenters. The maximum Gasteiger partial charge on any atom is 0.328 e. The number of fused-ring (bicyclic) bond motifs is 1. The maximum atomic E-state index is 13.9. The van der Waals surface area contributed by atoms with Crippen LogP contribution in [0.1, 0.15) is 66.2 Å². The number of hydrogen-bond donors (Lipinski definition) is 1. The lowest BCUT2D eigenvalue weighted by Gasteiger charge is -2.34. The topological polar surface area (TPSA) is 104 Å². The molecule has 1 aliphatic carbocycles. The molecule has 4 rings (SSSR count). The molecule has 0 radical (unpaired) electrons. The second-order valence-electron chi connectivity index (χ2n) is 9.50. The number of carbonyl (C=O) groups excluding carboxylic acids is 3. The summed E-state index contributed by atoms with van der Waals surface area (Å²) in [5, 5.41) is 2.55. The summed E-state index contributed by atoms with van der Waals surface area (Å²) in [6, 6.07) is 10.7. The van der Waals surface area contributed by atoms with E-state index in [0.29, 0.717) is 24.8 Å². The second-order valence-corrected chi connectivity index (χ2v) is 9.50. The molecule has 3 aromatic rings. The highest BCUT2D eigenvalue weighted by Gasteiger charge is 2.35. The van der Waals surface area contributed by atoms with Crippen LogP contribution in [0.5, 0.6) is 11.5 Å². The number of benzene rings is 2. The number of ether oxygens (including phenoxy) is 3. The third-order valence-corrected chi connectivity index (χ3v) is 6.68. The Kier molecular flexibility index (Phi) is 9.08. The molecule has 0 fully saturated rings. The molecule has 0 saturated carbocycles. The van der Waals surface area contributed by atoms with Gasteiger partial charge in [-0.2, -0.15) is 0 Å². The first kappa shape index (κ1) is 28.7. The van der Waals surface area contributed by atoms with Crippen molar-refractivity contribution in [2.24, 2.45) is 0 Å². The van der Waals surface area contributed by atoms with Gasteiger partial charge in [-0.25, -0.2) is 18.6 Å². The van der Waals surface area contributed by atoms with Gasteiger partial charge in [0.15, 0.2) is 11.4 Å². The summed E-state index contributed by atoms with van der Waals surface area (Å²) >= 11 is 0. The number of aromatic nitrogens is 1. The number of nitrogens with one attached hydrogen (secondary N) is 1. The zero-order valence-electron chi connectivity index (χ0n) is 22.4. The summed E-state index contributed by atoms with van der Waals surface area (Å²) < 4.78 is 44.0. The van der Waals surface area contributed by atoms with Crippen LogP contribution in [0.4, 0.5) is 8.78 Å². The summed E-state index contributed by atoms with van der Waals surface area (Å²) in [5.41, 5.74) is 2.06. The van der Waals surface area contributed by atoms with Crippen molar-refractivity contribution in [2.75, 3.05) is 7.11 Å². The van der Waals surface area contributed by atoms with E-state index < -0.39 is 41.7 Å². The summed E-state index contributed by atoms with van der Waals surface area (Å²) in [5.74, 6) is -3.26. The standard InChI is InChI=1S/C30H30F2N2O6/c1-4-5-25(35)40-28-24(38-3)14-15-33-27(28)29(36)34-17(2)30(37)39-23-13-8-19-16-21(32)11-12-22(19)26(23)18-6-9-20(31)10-7-18/h6-7,9-12,14-17,23,26H,4-5,8,13H2,1-3H3,(H,34,36)/t17-,23+,26+/m0/s1. The highest BCUT2D eigenvalue weighted by molar-refractivity contribution is 5.98. The minimum atomic E-state index is -1.09. The van der Waals surface area contributed by atoms with Gasteiger partial charge in [0.25, 0.3) is 5.91 Å². The number of aryl methyl sites for hydroxylation is 1. The second kappa shape index (κ2) is 12.7. The van der Waals surface area contributed by atoms with Gasteiger partial charge in [0.1, 0.15) is 23.8 Å². The number of hydrogen-bond acceptors (Lipinski definition) is 7. The molecule has 1 N–H and O–H groups in total. The molecule has 2 aromatic carbocycles. The van der Waals surface area contributed by atoms with E-state index in [1.165, 1.54) is 50.6 Å². The Morgan fingerprint density at radius 2 is 1.80 bits per heavy atom. The Morgan fingerprint density at radius 3 is 2.50 bits per heavy atom. The van der Waals surface area contributed by atoms with Crippen LogP contribution in [0.25, 0.3) is 0 Å². The summed E-state index contributed by atoms with van der Waals surface area (Å²) in [7, 11) is 1.36. The van der Waals surface area contributed by atoms with E-state index >= 15 is 0 Å². The number of amides is 1. The number of rotatable bonds is 9. The van der Waals surface area contributed by atoms with Gasteiger partial charge in [0.2, 0.25) is 5.75 Å². The zero-order valence-corrected chi connectivity index (χ0v) is 22.4. The Hall–Kier alpha value is -4.34. The van der Waals surface area contributed by atoms with Crippen molar-refractivity contribution in [2.45, 2.75) is 57.6 Å². The molecule has 0 unspecified atom stereocenters. The Morgan fingerprint density at radius 1 is 1.07 bits per heavy atom. The van der Waals surface area contributed by atoms with E-state index in [9.17, 15) is 23.2 Å². The molecule has 1 heterocycles. The van der Waals surface area contributed by atoms with Crippen LogP contribution in [0.2, 0.25) is 0 Å². The first-order chi connectivity index (χ1) is 19.2. The minimum absolute atomic E-state index is 0.133. The molecular weight excluding hydrogens is 522 g/mol. The molecule has 1 aliphatic rings. The predicted octanol–water partition coefficient (Wildman–Crippen LogP) is 4.88. The van der Waals surface area contributed by atoms with Gasteiger partial charge in [-0.1, -0.05) is 25.1 Å². The van der Waals surface area contributed by atoms with Crippen LogP contribution in [0.3, 0.4) is 0 Å². The predicted molar refractivity (Wildman–Crippen MR) is 141 cm³/mol. The van der Waals surface area contributed by atoms with E-state index in [2.05, 4.69) is 10.3 Å². The molecule has 1 aromatic heterocycles. The first-order valence-corrected chi connectivity index (χ1v) is 13.0. The van der Waals surface area contributed by atoms with Crippen LogP contribution in [0, 0.1) is 11.6 Å². The first-order valence-electron chi connectivity index (χ1n) is 13.0. The molecular formula is C30H30F2N2O6. The van der Waals surface area contributed by atoms with E-state index in [-0.39, 0.29) is 29.4 Å². The molecule has 0 aliphatic heterocycles. The average Bonchev–Trinajstić information content (AvgIpc) is 2.93. The quantitative estimate of drug-likeness (QED) is 0.377. The van der Waals surface area contributed by atoms with Crippen LogP contribution in [0.15, 0.2) is 54.7 Å². The van der Waals surface area contributed by atoms with Crippen molar-refractivity contribution in [3.8, 4) is 11.5 Å². The Balaban J connectivity index is 1.53. The lowest BCUT2D eigenvalue weighted by molar-refractivity contribution is -0.152. The molecule has 210 valence electrons. The third kappa shape index (κ3) is 6.44. The van der Waals surface area contributed by atoms with Crippen molar-refractivity contribution < 1.29 is 37.4 Å². The van der Waals surface area contributed by atoms with Gasteiger partial charge in [-0.3, -0.25) is 9.59 Å². The average molecular weight is 553 g/mol. The molecule has 10 heteroatoms. The number of carbonyl (C=O) groups is 3. The molecule has 0 spiro atoms. The number of esters is 2. The molecule has 40 heavy (non-hydrogen) atoms. The number of methoxy groups -OCH3 is 1. The summed E-state index contributed by atoms with van der Waals surface area (Å²) in [6.45, 7) is 3.27. The van der Waals surface area contributed by atoms with Crippen LogP contribution < -0.4 is 14.8 Å². The Labute approximate surface area is 230 Å². The van der Waals surface area contributed by atoms with Crippen molar-refractivity contribution in [3.63, 3.8) is 0 Å². The van der Waals surface area contributed by atoms with Gasteiger partial charge < -0.3 is 19.5 Å². The van der Waals surface area contributed by atoms with Gasteiger partial charge in [0.05, 0.1) is 7.11 Å². The molecule has 0 bridgehead atoms. The van der Waals surface area contributed by atoms with Crippen molar-refractivity contribution in [1.82, 2.24) is 10.3 Å². The van der Waals surface area contributed by atoms with Crippen molar-refractivity contribution in [3.05, 3.63) is 88.7 Å². The maximum absolute atomic E-state index is 13.9. The Bertz CT molecular complexity index is 1400. The number of halogens is 2. The lowest BCUT2D eigenvalue weighted by Crippen LogP contribution is -2.43. The van der Waals surface area contributed by atoms with Gasteiger partial charge in [-0.05, 0) is 67.1 Å². The fraction of sp³-hybridized carbons (Fsp3) is 0.333. The normalized spacial score (nSPS) is 16.8. The summed E-state index contributed by atoms with van der Waals surface area (Å²) in [4.78, 5) is 42.4. The van der Waals surface area contributed by atoms with Gasteiger partial charge >= 0.3 is 11.9 Å². The van der Waals surface area contributed by atoms with E-state index in [4.69, 9.17) is 14.2 Å². The number of pyridine rings is 1. The monoisotopic (exact) mass is 552 g/mol. The van der Waals surface area contributed by atoms with E-state index in [1.807, 2.05) is 6.92 Å². The third-order valence-electron chi connectivity index (χ3n) is 6.68. The fourth-order valence-electron chi connectivity index (χ4n) is 4.75. The van der Waals surface area contributed by atoms with E-state index in [1.54, 1.807) is 18.2 Å². The van der Waals surface area contributed by atoms with Crippen molar-refractivity contribution >= 4 is 17.8 Å². The van der Waals surface area contributed by atoms with Crippen LogP contribution in [-0.2, 0) is 20.7 Å². The van der Waals surface area contributed by atoms with Crippen LogP contribution >= 0.6 is 0 Å².